The van der Waals surface area contributed by atoms with Gasteiger partial charge in [0.05, 0.1) is 30.9 Å². The van der Waals surface area contributed by atoms with Crippen LogP contribution >= 0.6 is 27.3 Å². The second kappa shape index (κ2) is 7.39. The lowest BCUT2D eigenvalue weighted by atomic mass is 9.96. The van der Waals surface area contributed by atoms with Crippen molar-refractivity contribution in [3.8, 4) is 17.2 Å². The van der Waals surface area contributed by atoms with Gasteiger partial charge in [0, 0.05) is 22.0 Å². The number of fused-ring (bicyclic) bond motifs is 3. The Morgan fingerprint density at radius 3 is 2.72 bits per heavy atom. The number of hydrogen-bond donors (Lipinski definition) is 0. The van der Waals surface area contributed by atoms with Gasteiger partial charge in [0.1, 0.15) is 5.75 Å². The van der Waals surface area contributed by atoms with Crippen molar-refractivity contribution in [1.29, 1.82) is 0 Å². The quantitative estimate of drug-likeness (QED) is 0.485. The first-order valence-corrected chi connectivity index (χ1v) is 10.9. The zero-order valence-electron chi connectivity index (χ0n) is 16.0. The predicted molar refractivity (Wildman–Crippen MR) is 117 cm³/mol. The van der Waals surface area contributed by atoms with E-state index in [9.17, 15) is 0 Å². The van der Waals surface area contributed by atoms with E-state index in [1.807, 2.05) is 36.4 Å². The zero-order chi connectivity index (χ0) is 20.0. The molecule has 0 saturated carbocycles. The Morgan fingerprint density at radius 1 is 1.10 bits per heavy atom. The maximum Gasteiger partial charge on any atom is 0.222 e. The van der Waals surface area contributed by atoms with Crippen LogP contribution in [0.3, 0.4) is 0 Å². The summed E-state index contributed by atoms with van der Waals surface area (Å²) in [6, 6.07) is 16.4. The van der Waals surface area contributed by atoms with Crippen LogP contribution in [0.25, 0.3) is 0 Å². The van der Waals surface area contributed by atoms with E-state index in [4.69, 9.17) is 19.3 Å². The topological polar surface area (TPSA) is 43.3 Å². The molecule has 2 aromatic carbocycles. The second-order valence-corrected chi connectivity index (χ2v) is 8.78. The molecule has 5 nitrogen and oxygen atoms in total. The molecule has 0 radical (unpaired) electrons. The van der Waals surface area contributed by atoms with Gasteiger partial charge in [-0.25, -0.2) is 5.01 Å². The number of thiophene rings is 1. The maximum atomic E-state index is 6.37. The van der Waals surface area contributed by atoms with Gasteiger partial charge in [-0.15, -0.1) is 11.3 Å². The minimum absolute atomic E-state index is 0.117. The Bertz CT molecular complexity index is 1080. The van der Waals surface area contributed by atoms with Crippen LogP contribution in [0.15, 0.2) is 63.5 Å². The van der Waals surface area contributed by atoms with Gasteiger partial charge < -0.3 is 14.2 Å². The van der Waals surface area contributed by atoms with Crippen molar-refractivity contribution in [2.45, 2.75) is 18.7 Å². The van der Waals surface area contributed by atoms with E-state index in [-0.39, 0.29) is 12.3 Å². The van der Waals surface area contributed by atoms with Crippen LogP contribution in [-0.4, -0.2) is 24.9 Å². The van der Waals surface area contributed by atoms with Crippen LogP contribution in [0.1, 0.15) is 34.7 Å². The highest BCUT2D eigenvalue weighted by atomic mass is 79.9. The summed E-state index contributed by atoms with van der Waals surface area (Å²) in [6.07, 6.45) is 0.566. The lowest BCUT2D eigenvalue weighted by Gasteiger charge is -2.37. The van der Waals surface area contributed by atoms with Crippen molar-refractivity contribution in [1.82, 2.24) is 5.01 Å². The SMILES string of the molecule is COc1ccc(C2=NN3C(C2)c2cc(Br)ccc2OC3c2cccs2)cc1OC. The molecular weight excluding hydrogens is 452 g/mol. The average Bonchev–Trinajstić information content (AvgIpc) is 3.43. The second-order valence-electron chi connectivity index (χ2n) is 6.88. The minimum Gasteiger partial charge on any atom is -0.493 e. The molecule has 0 bridgehead atoms. The molecule has 0 N–H and O–H groups in total. The van der Waals surface area contributed by atoms with Crippen molar-refractivity contribution in [2.75, 3.05) is 14.2 Å². The van der Waals surface area contributed by atoms with E-state index in [1.165, 1.54) is 0 Å². The average molecular weight is 471 g/mol. The predicted octanol–water partition coefficient (Wildman–Crippen LogP) is 5.77. The van der Waals surface area contributed by atoms with E-state index < -0.39 is 0 Å². The Balaban J connectivity index is 1.58. The zero-order valence-corrected chi connectivity index (χ0v) is 18.4. The summed E-state index contributed by atoms with van der Waals surface area (Å²) >= 11 is 5.28. The van der Waals surface area contributed by atoms with Crippen molar-refractivity contribution in [3.05, 3.63) is 74.4 Å². The molecule has 7 heteroatoms. The molecule has 29 heavy (non-hydrogen) atoms. The van der Waals surface area contributed by atoms with Gasteiger partial charge in [-0.05, 0) is 47.8 Å². The number of halogens is 1. The molecule has 0 aliphatic carbocycles. The number of ether oxygens (including phenoxy) is 3. The summed E-state index contributed by atoms with van der Waals surface area (Å²) in [4.78, 5) is 1.14. The van der Waals surface area contributed by atoms with Gasteiger partial charge in [-0.2, -0.15) is 5.10 Å². The molecule has 2 atom stereocenters. The first-order chi connectivity index (χ1) is 14.2. The van der Waals surface area contributed by atoms with Gasteiger partial charge >= 0.3 is 0 Å². The fourth-order valence-corrected chi connectivity index (χ4v) is 4.99. The third kappa shape index (κ3) is 3.18. The van der Waals surface area contributed by atoms with Gasteiger partial charge in [0.15, 0.2) is 11.5 Å². The number of benzene rings is 2. The summed E-state index contributed by atoms with van der Waals surface area (Å²) in [5.74, 6) is 2.32. The molecule has 0 fully saturated rings. The fraction of sp³-hybridized carbons (Fsp3) is 0.227. The summed E-state index contributed by atoms with van der Waals surface area (Å²) in [5.41, 5.74) is 3.18. The van der Waals surface area contributed by atoms with Crippen molar-refractivity contribution in [2.24, 2.45) is 5.10 Å². The van der Waals surface area contributed by atoms with Crippen LogP contribution in [0.2, 0.25) is 0 Å². The highest BCUT2D eigenvalue weighted by Crippen LogP contribution is 2.49. The van der Waals surface area contributed by atoms with Crippen molar-refractivity contribution >= 4 is 33.0 Å². The largest absolute Gasteiger partial charge is 0.493 e. The van der Waals surface area contributed by atoms with E-state index in [2.05, 4.69) is 38.5 Å². The van der Waals surface area contributed by atoms with Gasteiger partial charge in [0.2, 0.25) is 6.23 Å². The summed E-state index contributed by atoms with van der Waals surface area (Å²) < 4.78 is 18.3. The van der Waals surface area contributed by atoms with Crippen LogP contribution in [0, 0.1) is 0 Å². The molecule has 2 unspecified atom stereocenters. The molecule has 3 aromatic rings. The lowest BCUT2D eigenvalue weighted by molar-refractivity contribution is -0.0166. The number of hydrazone groups is 1. The standard InChI is InChI=1S/C22H19BrN2O3S/c1-26-19-7-5-13(10-20(19)27-2)16-12-17-15-11-14(23)6-8-18(15)28-22(25(17)24-16)21-4-3-9-29-21/h3-11,17,22H,12H2,1-2H3. The summed E-state index contributed by atoms with van der Waals surface area (Å²) in [7, 11) is 3.29. The highest BCUT2D eigenvalue weighted by Gasteiger charge is 2.41. The Labute approximate surface area is 181 Å². The molecule has 2 aliphatic heterocycles. The Kier molecular flexibility index (Phi) is 4.72. The Hall–Kier alpha value is -2.51. The van der Waals surface area contributed by atoms with Gasteiger partial charge in [0.25, 0.3) is 0 Å². The third-order valence-corrected chi connectivity index (χ3v) is 6.65. The summed E-state index contributed by atoms with van der Waals surface area (Å²) in [6.45, 7) is 0. The Morgan fingerprint density at radius 2 is 1.97 bits per heavy atom. The number of nitrogens with zero attached hydrogens (tertiary/aromatic N) is 2. The van der Waals surface area contributed by atoms with Crippen LogP contribution in [-0.2, 0) is 0 Å². The normalized spacial score (nSPS) is 19.8. The molecule has 3 heterocycles. The van der Waals surface area contributed by atoms with Crippen LogP contribution < -0.4 is 14.2 Å². The molecule has 2 aliphatic rings. The van der Waals surface area contributed by atoms with E-state index in [1.54, 1.807) is 25.6 Å². The first-order valence-electron chi connectivity index (χ1n) is 9.25. The van der Waals surface area contributed by atoms with E-state index in [0.717, 1.165) is 38.4 Å². The number of hydrogen-bond acceptors (Lipinski definition) is 6. The first kappa shape index (κ1) is 18.5. The monoisotopic (exact) mass is 470 g/mol. The maximum absolute atomic E-state index is 6.37. The minimum atomic E-state index is -0.230. The fourth-order valence-electron chi connectivity index (χ4n) is 3.87. The van der Waals surface area contributed by atoms with Crippen LogP contribution in [0.4, 0.5) is 0 Å². The number of methoxy groups -OCH3 is 2. The molecule has 0 amide bonds. The lowest BCUT2D eigenvalue weighted by Crippen LogP contribution is -2.33. The van der Waals surface area contributed by atoms with Crippen LogP contribution in [0.5, 0.6) is 17.2 Å². The summed E-state index contributed by atoms with van der Waals surface area (Å²) in [5, 5.41) is 9.16. The van der Waals surface area contributed by atoms with E-state index >= 15 is 0 Å². The third-order valence-electron chi connectivity index (χ3n) is 5.26. The smallest absolute Gasteiger partial charge is 0.222 e. The van der Waals surface area contributed by atoms with Crippen molar-refractivity contribution in [3.63, 3.8) is 0 Å². The highest BCUT2D eigenvalue weighted by molar-refractivity contribution is 9.10. The molecule has 0 saturated heterocycles. The molecule has 148 valence electrons. The molecule has 1 aromatic heterocycles. The number of rotatable bonds is 4. The molecular formula is C22H19BrN2O3S. The van der Waals surface area contributed by atoms with Gasteiger partial charge in [-0.3, -0.25) is 0 Å². The molecule has 0 spiro atoms. The van der Waals surface area contributed by atoms with E-state index in [0.29, 0.717) is 11.5 Å². The van der Waals surface area contributed by atoms with Crippen molar-refractivity contribution < 1.29 is 14.2 Å². The van der Waals surface area contributed by atoms with Gasteiger partial charge in [-0.1, -0.05) is 22.0 Å². The molecule has 5 rings (SSSR count).